The topological polar surface area (TPSA) is 110 Å². The summed E-state index contributed by atoms with van der Waals surface area (Å²) in [7, 11) is -0.761. The van der Waals surface area contributed by atoms with E-state index < -0.39 is 30.3 Å². The fourth-order valence-corrected chi connectivity index (χ4v) is 1.70. The number of hydrogen-bond donors (Lipinski definition) is 1. The molecule has 0 atom stereocenters. The molecule has 0 bridgehead atoms. The van der Waals surface area contributed by atoms with Crippen molar-refractivity contribution < 1.29 is 24.2 Å². The highest BCUT2D eigenvalue weighted by molar-refractivity contribution is 6.18. The van der Waals surface area contributed by atoms with Crippen LogP contribution in [-0.2, 0) is 9.59 Å². The van der Waals surface area contributed by atoms with E-state index in [1.54, 1.807) is 13.8 Å². The van der Waals surface area contributed by atoms with Crippen molar-refractivity contribution in [3.63, 3.8) is 0 Å². The average molecular weight is 294 g/mol. The number of nitro groups is 1. The number of nitrogens with zero attached hydrogens (tertiary/aromatic N) is 2. The number of rotatable bonds is 5. The lowest BCUT2D eigenvalue weighted by atomic mass is 10.1. The molecule has 0 heterocycles. The quantitative estimate of drug-likeness (QED) is 0.488. The maximum Gasteiger partial charge on any atom is 0.504 e. The van der Waals surface area contributed by atoms with Crippen molar-refractivity contribution in [2.75, 3.05) is 4.90 Å². The maximum absolute atomic E-state index is 12.1. The first-order chi connectivity index (χ1) is 9.79. The summed E-state index contributed by atoms with van der Waals surface area (Å²) in [6.45, 7) is 4.48. The predicted octanol–water partition coefficient (Wildman–Crippen LogP) is 0.768. The van der Waals surface area contributed by atoms with Crippen molar-refractivity contribution in [2.24, 2.45) is 5.92 Å². The van der Waals surface area contributed by atoms with Crippen molar-refractivity contribution in [3.8, 4) is 5.75 Å². The van der Waals surface area contributed by atoms with Crippen LogP contribution < -0.4 is 9.55 Å². The summed E-state index contributed by atoms with van der Waals surface area (Å²) in [5, 5.41) is 19.6. The number of amides is 2. The van der Waals surface area contributed by atoms with E-state index in [2.05, 4.69) is 0 Å². The van der Waals surface area contributed by atoms with Gasteiger partial charge in [-0.1, -0.05) is 13.8 Å². The normalized spacial score (nSPS) is 10.1. The molecule has 1 N–H and O–H groups in total. The van der Waals surface area contributed by atoms with Crippen LogP contribution in [0.15, 0.2) is 18.2 Å². The molecule has 1 aromatic carbocycles. The molecule has 0 unspecified atom stereocenters. The molecule has 0 fully saturated rings. The first-order valence-corrected chi connectivity index (χ1v) is 6.16. The molecular formula is C12H15BN2O6. The zero-order valence-corrected chi connectivity index (χ0v) is 11.9. The number of hydrogen-bond acceptors (Lipinski definition) is 6. The van der Waals surface area contributed by atoms with E-state index in [1.807, 2.05) is 0 Å². The second-order valence-electron chi connectivity index (χ2n) is 4.53. The third-order valence-corrected chi connectivity index (χ3v) is 2.65. The van der Waals surface area contributed by atoms with Gasteiger partial charge in [-0.25, -0.2) is 0 Å². The fraction of sp³-hybridized carbons (Fsp3) is 0.333. The van der Waals surface area contributed by atoms with Crippen molar-refractivity contribution in [2.45, 2.75) is 20.8 Å². The Labute approximate surface area is 121 Å². The van der Waals surface area contributed by atoms with Gasteiger partial charge in [-0.2, -0.15) is 0 Å². The molecule has 0 saturated heterocycles. The van der Waals surface area contributed by atoms with Gasteiger partial charge in [0.2, 0.25) is 11.8 Å². The molecule has 21 heavy (non-hydrogen) atoms. The molecule has 1 aromatic rings. The average Bonchev–Trinajstić information content (AvgIpc) is 2.38. The van der Waals surface area contributed by atoms with Gasteiger partial charge in [-0.3, -0.25) is 24.6 Å². The van der Waals surface area contributed by atoms with E-state index in [0.717, 1.165) is 11.0 Å². The van der Waals surface area contributed by atoms with Gasteiger partial charge in [0, 0.05) is 25.0 Å². The smallest absolute Gasteiger partial charge is 0.504 e. The van der Waals surface area contributed by atoms with Crippen LogP contribution in [0.2, 0.25) is 0 Å². The highest BCUT2D eigenvalue weighted by Crippen LogP contribution is 2.32. The molecule has 2 amide bonds. The molecule has 0 aliphatic carbocycles. The fourth-order valence-electron chi connectivity index (χ4n) is 1.70. The molecule has 0 aromatic heterocycles. The van der Waals surface area contributed by atoms with E-state index in [4.69, 9.17) is 9.68 Å². The van der Waals surface area contributed by atoms with Gasteiger partial charge in [0.25, 0.3) is 0 Å². The Morgan fingerprint density at radius 1 is 1.43 bits per heavy atom. The third-order valence-electron chi connectivity index (χ3n) is 2.65. The lowest BCUT2D eigenvalue weighted by molar-refractivity contribution is -0.385. The highest BCUT2D eigenvalue weighted by atomic mass is 16.6. The van der Waals surface area contributed by atoms with Crippen LogP contribution in [0.25, 0.3) is 0 Å². The van der Waals surface area contributed by atoms with Gasteiger partial charge in [-0.15, -0.1) is 0 Å². The summed E-state index contributed by atoms with van der Waals surface area (Å²) < 4.78 is 4.77. The van der Waals surface area contributed by atoms with Crippen LogP contribution in [0.5, 0.6) is 5.75 Å². The molecule has 0 aliphatic rings. The second kappa shape index (κ2) is 6.84. The van der Waals surface area contributed by atoms with Crippen molar-refractivity contribution in [1.29, 1.82) is 0 Å². The van der Waals surface area contributed by atoms with Gasteiger partial charge < -0.3 is 9.68 Å². The summed E-state index contributed by atoms with van der Waals surface area (Å²) >= 11 is 0. The van der Waals surface area contributed by atoms with Crippen LogP contribution in [0.1, 0.15) is 20.8 Å². The van der Waals surface area contributed by atoms with E-state index in [-0.39, 0.29) is 17.1 Å². The van der Waals surface area contributed by atoms with Gasteiger partial charge in [0.05, 0.1) is 10.6 Å². The van der Waals surface area contributed by atoms with E-state index in [9.17, 15) is 19.7 Å². The van der Waals surface area contributed by atoms with Crippen LogP contribution >= 0.6 is 0 Å². The maximum atomic E-state index is 12.1. The van der Waals surface area contributed by atoms with Crippen molar-refractivity contribution in [3.05, 3.63) is 28.3 Å². The first-order valence-electron chi connectivity index (χ1n) is 6.16. The SMILES string of the molecule is CC(=O)N(C(=O)C(C)C)c1ccc([N+](=O)[O-])c(OBO)c1. The lowest BCUT2D eigenvalue weighted by Gasteiger charge is -2.21. The minimum Gasteiger partial charge on any atom is -0.534 e. The molecule has 8 nitrogen and oxygen atoms in total. The molecule has 9 heteroatoms. The van der Waals surface area contributed by atoms with Gasteiger partial charge in [0.15, 0.2) is 5.75 Å². The highest BCUT2D eigenvalue weighted by Gasteiger charge is 2.25. The largest absolute Gasteiger partial charge is 0.534 e. The Kier molecular flexibility index (Phi) is 5.42. The Bertz CT molecular complexity index is 575. The van der Waals surface area contributed by atoms with Gasteiger partial charge in [-0.05, 0) is 6.07 Å². The Morgan fingerprint density at radius 2 is 2.05 bits per heavy atom. The Hall–Kier alpha value is -2.42. The van der Waals surface area contributed by atoms with E-state index >= 15 is 0 Å². The second-order valence-corrected chi connectivity index (χ2v) is 4.53. The van der Waals surface area contributed by atoms with Crippen LogP contribution in [0.3, 0.4) is 0 Å². The number of anilines is 1. The number of carbonyl (C=O) groups excluding carboxylic acids is 2. The van der Waals surface area contributed by atoms with Crippen molar-refractivity contribution in [1.82, 2.24) is 0 Å². The predicted molar refractivity (Wildman–Crippen MR) is 76.1 cm³/mol. The number of imide groups is 1. The minimum absolute atomic E-state index is 0.148. The van der Waals surface area contributed by atoms with E-state index in [0.29, 0.717) is 0 Å². The van der Waals surface area contributed by atoms with Crippen LogP contribution in [0.4, 0.5) is 11.4 Å². The van der Waals surface area contributed by atoms with Crippen LogP contribution in [-0.4, -0.2) is 29.4 Å². The molecule has 1 rings (SSSR count). The molecular weight excluding hydrogens is 279 g/mol. The lowest BCUT2D eigenvalue weighted by Crippen LogP contribution is -2.38. The molecule has 112 valence electrons. The summed E-state index contributed by atoms with van der Waals surface area (Å²) in [4.78, 5) is 34.8. The molecule has 0 radical (unpaired) electrons. The molecule has 0 spiro atoms. The Morgan fingerprint density at radius 3 is 2.48 bits per heavy atom. The summed E-state index contributed by atoms with van der Waals surface area (Å²) in [6.07, 6.45) is 0. The van der Waals surface area contributed by atoms with Crippen LogP contribution in [0, 0.1) is 16.0 Å². The summed E-state index contributed by atoms with van der Waals surface area (Å²) in [6, 6.07) is 3.57. The molecule has 0 aliphatic heterocycles. The summed E-state index contributed by atoms with van der Waals surface area (Å²) in [5.41, 5.74) is -0.219. The number of carbonyl (C=O) groups is 2. The zero-order valence-electron chi connectivity index (χ0n) is 11.9. The van der Waals surface area contributed by atoms with Gasteiger partial charge >= 0.3 is 13.4 Å². The summed E-state index contributed by atoms with van der Waals surface area (Å²) in [5.74, 6) is -1.60. The zero-order chi connectivity index (χ0) is 16.2. The Balaban J connectivity index is 3.33. The third kappa shape index (κ3) is 3.79. The van der Waals surface area contributed by atoms with Crippen molar-refractivity contribution >= 4 is 30.9 Å². The van der Waals surface area contributed by atoms with Gasteiger partial charge in [0.1, 0.15) is 0 Å². The number of nitro benzene ring substituents is 1. The molecule has 0 saturated carbocycles. The standard InChI is InChI=1S/C12H15BN2O6/c1-7(2)12(17)14(8(3)16)9-4-5-10(15(19)20)11(6-9)21-13-18/h4-7,13,18H,1-3H3. The minimum atomic E-state index is -0.761. The number of benzene rings is 1. The first kappa shape index (κ1) is 16.6. The van der Waals surface area contributed by atoms with E-state index in [1.165, 1.54) is 19.1 Å². The monoisotopic (exact) mass is 294 g/mol.